The Hall–Kier alpha value is -1.83. The molecule has 4 heteroatoms. The highest BCUT2D eigenvalue weighted by Crippen LogP contribution is 2.27. The smallest absolute Gasteiger partial charge is 0.341 e. The minimum atomic E-state index is -0.984. The second-order valence-electron chi connectivity index (χ2n) is 6.08. The molecule has 1 aromatic rings. The summed E-state index contributed by atoms with van der Waals surface area (Å²) in [5.74, 6) is 5.69. The van der Waals surface area contributed by atoms with E-state index in [4.69, 9.17) is 14.2 Å². The molecule has 0 N–H and O–H groups in total. The van der Waals surface area contributed by atoms with Gasteiger partial charge in [0.05, 0.1) is 6.61 Å². The lowest BCUT2D eigenvalue weighted by molar-refractivity contribution is -0.144. The Morgan fingerprint density at radius 2 is 2.00 bits per heavy atom. The number of hydrogen-bond donors (Lipinski definition) is 0. The molecule has 0 unspecified atom stereocenters. The fourth-order valence-corrected chi connectivity index (χ4v) is 2.13. The number of ether oxygens (including phenoxy) is 3. The lowest BCUT2D eigenvalue weighted by Gasteiger charge is -2.20. The van der Waals surface area contributed by atoms with E-state index in [1.54, 1.807) is 13.8 Å². The van der Waals surface area contributed by atoms with Crippen molar-refractivity contribution in [1.29, 1.82) is 0 Å². The Bertz CT molecular complexity index is 582. The van der Waals surface area contributed by atoms with Crippen LogP contribution < -0.4 is 0 Å². The van der Waals surface area contributed by atoms with Crippen molar-refractivity contribution in [3.05, 3.63) is 35.9 Å². The van der Waals surface area contributed by atoms with Crippen LogP contribution in [0.5, 0.6) is 0 Å². The molecule has 0 aliphatic carbocycles. The number of cyclic esters (lactones) is 1. The summed E-state index contributed by atoms with van der Waals surface area (Å²) < 4.78 is 16.3. The van der Waals surface area contributed by atoms with E-state index < -0.39 is 17.5 Å². The molecule has 1 aliphatic heterocycles. The Morgan fingerprint density at radius 1 is 1.32 bits per heavy atom. The van der Waals surface area contributed by atoms with Crippen molar-refractivity contribution in [2.75, 3.05) is 0 Å². The van der Waals surface area contributed by atoms with E-state index in [1.807, 2.05) is 44.2 Å². The van der Waals surface area contributed by atoms with Gasteiger partial charge < -0.3 is 14.2 Å². The van der Waals surface area contributed by atoms with Crippen molar-refractivity contribution in [3.8, 4) is 11.8 Å². The summed E-state index contributed by atoms with van der Waals surface area (Å²) in [5.41, 5.74) is -0.483. The van der Waals surface area contributed by atoms with Crippen LogP contribution in [-0.4, -0.2) is 23.5 Å². The number of carbonyl (C=O) groups is 1. The molecule has 4 nitrogen and oxygen atoms in total. The normalized spacial score (nSPS) is 24.5. The molecule has 1 saturated heterocycles. The molecule has 0 amide bonds. The van der Waals surface area contributed by atoms with Gasteiger partial charge in [-0.2, -0.15) is 0 Å². The second-order valence-corrected chi connectivity index (χ2v) is 6.08. The number of hydrogen-bond acceptors (Lipinski definition) is 4. The van der Waals surface area contributed by atoms with E-state index in [9.17, 15) is 4.79 Å². The first-order chi connectivity index (χ1) is 10.3. The van der Waals surface area contributed by atoms with Crippen LogP contribution in [0.2, 0.25) is 0 Å². The first-order valence-corrected chi connectivity index (χ1v) is 7.38. The van der Waals surface area contributed by atoms with Crippen molar-refractivity contribution in [2.45, 2.75) is 58.2 Å². The fourth-order valence-electron chi connectivity index (χ4n) is 2.13. The van der Waals surface area contributed by atoms with Gasteiger partial charge in [0.15, 0.2) is 5.60 Å². The molecule has 1 fully saturated rings. The van der Waals surface area contributed by atoms with E-state index in [2.05, 4.69) is 11.8 Å². The monoisotopic (exact) mass is 302 g/mol. The molecule has 0 saturated carbocycles. The third kappa shape index (κ3) is 4.33. The quantitative estimate of drug-likeness (QED) is 0.633. The maximum absolute atomic E-state index is 11.7. The van der Waals surface area contributed by atoms with Gasteiger partial charge in [-0.1, -0.05) is 42.2 Å². The molecule has 0 radical (unpaired) electrons. The van der Waals surface area contributed by atoms with Gasteiger partial charge >= 0.3 is 5.97 Å². The van der Waals surface area contributed by atoms with E-state index in [-0.39, 0.29) is 12.4 Å². The maximum atomic E-state index is 11.7. The van der Waals surface area contributed by atoms with Crippen molar-refractivity contribution < 1.29 is 19.0 Å². The van der Waals surface area contributed by atoms with Crippen LogP contribution in [-0.2, 0) is 25.6 Å². The zero-order valence-electron chi connectivity index (χ0n) is 13.5. The zero-order valence-corrected chi connectivity index (χ0v) is 13.5. The lowest BCUT2D eigenvalue weighted by atomic mass is 10.0. The zero-order chi connectivity index (χ0) is 16.2. The van der Waals surface area contributed by atoms with Crippen molar-refractivity contribution in [2.24, 2.45) is 0 Å². The molecule has 118 valence electrons. The summed E-state index contributed by atoms with van der Waals surface area (Å²) in [6, 6.07) is 9.93. The highest BCUT2D eigenvalue weighted by Gasteiger charge is 2.44. The Kier molecular flexibility index (Phi) is 4.90. The van der Waals surface area contributed by atoms with Crippen LogP contribution in [0.1, 0.15) is 39.7 Å². The molecule has 2 atom stereocenters. The van der Waals surface area contributed by atoms with Crippen LogP contribution in [0.3, 0.4) is 0 Å². The lowest BCUT2D eigenvalue weighted by Crippen LogP contribution is -2.32. The predicted octanol–water partition coefficient (Wildman–Crippen LogP) is 3.05. The summed E-state index contributed by atoms with van der Waals surface area (Å²) in [6.07, 6.45) is -0.226. The first kappa shape index (κ1) is 16.5. The van der Waals surface area contributed by atoms with Gasteiger partial charge in [-0.25, -0.2) is 4.79 Å². The van der Waals surface area contributed by atoms with Crippen LogP contribution in [0.4, 0.5) is 0 Å². The van der Waals surface area contributed by atoms with E-state index in [0.717, 1.165) is 5.56 Å². The number of benzene rings is 1. The Morgan fingerprint density at radius 3 is 2.59 bits per heavy atom. The molecule has 2 rings (SSSR count). The highest BCUT2D eigenvalue weighted by molar-refractivity contribution is 5.81. The average Bonchev–Trinajstić information content (AvgIpc) is 2.71. The number of rotatable bonds is 4. The highest BCUT2D eigenvalue weighted by atomic mass is 16.8. The molecule has 1 aliphatic rings. The van der Waals surface area contributed by atoms with Crippen LogP contribution in [0, 0.1) is 11.8 Å². The van der Waals surface area contributed by atoms with E-state index in [1.165, 1.54) is 0 Å². The molecule has 0 bridgehead atoms. The van der Waals surface area contributed by atoms with Gasteiger partial charge in [-0.05, 0) is 33.3 Å². The minimum Gasteiger partial charge on any atom is -0.434 e. The van der Waals surface area contributed by atoms with Crippen LogP contribution in [0.15, 0.2) is 30.3 Å². The van der Waals surface area contributed by atoms with E-state index >= 15 is 0 Å². The topological polar surface area (TPSA) is 44.8 Å². The molecule has 1 aromatic carbocycles. The predicted molar refractivity (Wildman–Crippen MR) is 82.7 cm³/mol. The minimum absolute atomic E-state index is 0.286. The molecular formula is C18H22O4. The molecule has 22 heavy (non-hydrogen) atoms. The van der Waals surface area contributed by atoms with E-state index in [0.29, 0.717) is 6.61 Å². The molecular weight excluding hydrogens is 280 g/mol. The standard InChI is InChI=1S/C18H22O4/c1-14-21-16(19)18(4,22-14)12-8-11-17(2,3)20-13-15-9-6-5-7-10-15/h5-7,9-10,14H,12-13H2,1-4H3/t14-,18-/m0/s1. The fraction of sp³-hybridized carbons (Fsp3) is 0.500. The number of carbonyl (C=O) groups excluding carboxylic acids is 1. The van der Waals surface area contributed by atoms with Gasteiger partial charge in [0.1, 0.15) is 5.60 Å². The van der Waals surface area contributed by atoms with Crippen LogP contribution in [0.25, 0.3) is 0 Å². The largest absolute Gasteiger partial charge is 0.434 e. The van der Waals surface area contributed by atoms with Crippen molar-refractivity contribution in [3.63, 3.8) is 0 Å². The first-order valence-electron chi connectivity index (χ1n) is 7.38. The third-order valence-corrected chi connectivity index (χ3v) is 3.39. The summed E-state index contributed by atoms with van der Waals surface area (Å²) in [4.78, 5) is 11.7. The van der Waals surface area contributed by atoms with Gasteiger partial charge in [0, 0.05) is 6.42 Å². The summed E-state index contributed by atoms with van der Waals surface area (Å²) in [7, 11) is 0. The average molecular weight is 302 g/mol. The van der Waals surface area contributed by atoms with Gasteiger partial charge in [-0.3, -0.25) is 0 Å². The summed E-state index contributed by atoms with van der Waals surface area (Å²) in [6.45, 7) is 7.70. The molecule has 1 heterocycles. The van der Waals surface area contributed by atoms with Crippen molar-refractivity contribution >= 4 is 5.97 Å². The molecule has 0 spiro atoms. The summed E-state index contributed by atoms with van der Waals surface area (Å²) >= 11 is 0. The number of esters is 1. The summed E-state index contributed by atoms with van der Waals surface area (Å²) in [5, 5.41) is 0. The van der Waals surface area contributed by atoms with Gasteiger partial charge in [-0.15, -0.1) is 0 Å². The Labute approximate surface area is 131 Å². The SMILES string of the molecule is C[C@H]1OC(=O)[C@](C)(CC#CC(C)(C)OCc2ccccc2)O1. The van der Waals surface area contributed by atoms with Crippen molar-refractivity contribution in [1.82, 2.24) is 0 Å². The van der Waals surface area contributed by atoms with Gasteiger partial charge in [0.2, 0.25) is 6.29 Å². The third-order valence-electron chi connectivity index (χ3n) is 3.39. The second kappa shape index (κ2) is 6.51. The maximum Gasteiger partial charge on any atom is 0.341 e. The Balaban J connectivity index is 1.91. The molecule has 0 aromatic heterocycles. The van der Waals surface area contributed by atoms with Gasteiger partial charge in [0.25, 0.3) is 0 Å². The van der Waals surface area contributed by atoms with Crippen LogP contribution >= 0.6 is 0 Å².